The van der Waals surface area contributed by atoms with Gasteiger partial charge in [-0.3, -0.25) is 4.90 Å². The van der Waals surface area contributed by atoms with Crippen LogP contribution in [0, 0.1) is 0 Å². The molecule has 0 bridgehead atoms. The van der Waals surface area contributed by atoms with E-state index in [1.807, 2.05) is 0 Å². The van der Waals surface area contributed by atoms with Crippen molar-refractivity contribution in [2.45, 2.75) is 44.1 Å². The highest BCUT2D eigenvalue weighted by Crippen LogP contribution is 2.35. The molecule has 6 heteroatoms. The van der Waals surface area contributed by atoms with Crippen molar-refractivity contribution in [3.05, 3.63) is 0 Å². The third-order valence-electron chi connectivity index (χ3n) is 2.56. The fourth-order valence-corrected chi connectivity index (χ4v) is 1.86. The molecular weight excluding hydrogens is 209 g/mol. The maximum atomic E-state index is 12.7. The van der Waals surface area contributed by atoms with Gasteiger partial charge in [-0.25, -0.2) is 0 Å². The lowest BCUT2D eigenvalue weighted by molar-refractivity contribution is -0.190. The number of aliphatic hydroxyl groups excluding tert-OH is 1. The van der Waals surface area contributed by atoms with Gasteiger partial charge >= 0.3 is 6.18 Å². The minimum atomic E-state index is -4.33. The molecule has 15 heavy (non-hydrogen) atoms. The lowest BCUT2D eigenvalue weighted by Gasteiger charge is -2.35. The number of halogens is 3. The van der Waals surface area contributed by atoms with Gasteiger partial charge in [-0.05, 0) is 19.8 Å². The van der Waals surface area contributed by atoms with Crippen LogP contribution in [0.25, 0.3) is 0 Å². The Labute approximate surface area is 87.0 Å². The predicted octanol–water partition coefficient (Wildman–Crippen LogP) is 0.721. The maximum Gasteiger partial charge on any atom is 0.405 e. The number of nitrogens with zero attached hydrogens (tertiary/aromatic N) is 1. The standard InChI is InChI=1S/C9H17F3N2O/c1-6(13)8(9(10,11)12)14(4-5-15)7-2-3-7/h6-8,15H,2-5,13H2,1H3. The summed E-state index contributed by atoms with van der Waals surface area (Å²) in [6, 6.07) is -2.68. The number of hydrogen-bond donors (Lipinski definition) is 2. The number of rotatable bonds is 5. The summed E-state index contributed by atoms with van der Waals surface area (Å²) in [5.41, 5.74) is 5.38. The molecular formula is C9H17F3N2O. The quantitative estimate of drug-likeness (QED) is 0.726. The highest BCUT2D eigenvalue weighted by Gasteiger charge is 2.49. The summed E-state index contributed by atoms with van der Waals surface area (Å²) in [4.78, 5) is 1.28. The van der Waals surface area contributed by atoms with E-state index in [1.54, 1.807) is 0 Å². The zero-order chi connectivity index (χ0) is 11.6. The van der Waals surface area contributed by atoms with Gasteiger partial charge in [-0.2, -0.15) is 13.2 Å². The zero-order valence-corrected chi connectivity index (χ0v) is 8.67. The van der Waals surface area contributed by atoms with Gasteiger partial charge in [-0.1, -0.05) is 0 Å². The monoisotopic (exact) mass is 226 g/mol. The van der Waals surface area contributed by atoms with Crippen molar-refractivity contribution in [2.24, 2.45) is 5.73 Å². The Hall–Kier alpha value is -0.330. The first-order valence-corrected chi connectivity index (χ1v) is 5.06. The first kappa shape index (κ1) is 12.7. The van der Waals surface area contributed by atoms with Crippen LogP contribution >= 0.6 is 0 Å². The van der Waals surface area contributed by atoms with Gasteiger partial charge in [0.05, 0.1) is 6.61 Å². The average molecular weight is 226 g/mol. The molecule has 1 rings (SSSR count). The lowest BCUT2D eigenvalue weighted by Crippen LogP contribution is -2.56. The molecule has 0 spiro atoms. The highest BCUT2D eigenvalue weighted by molar-refractivity contribution is 4.94. The molecule has 0 amide bonds. The van der Waals surface area contributed by atoms with Gasteiger partial charge in [0.2, 0.25) is 0 Å². The van der Waals surface area contributed by atoms with E-state index < -0.39 is 18.3 Å². The molecule has 0 aromatic rings. The summed E-state index contributed by atoms with van der Waals surface area (Å²) >= 11 is 0. The second kappa shape index (κ2) is 4.67. The van der Waals surface area contributed by atoms with Crippen LogP contribution in [-0.2, 0) is 0 Å². The third-order valence-corrected chi connectivity index (χ3v) is 2.56. The Morgan fingerprint density at radius 2 is 2.00 bits per heavy atom. The highest BCUT2D eigenvalue weighted by atomic mass is 19.4. The maximum absolute atomic E-state index is 12.7. The minimum absolute atomic E-state index is 0.0381. The van der Waals surface area contributed by atoms with Crippen molar-refractivity contribution >= 4 is 0 Å². The molecule has 1 fully saturated rings. The van der Waals surface area contributed by atoms with Crippen molar-refractivity contribution < 1.29 is 18.3 Å². The van der Waals surface area contributed by atoms with Crippen LogP contribution in [0.2, 0.25) is 0 Å². The predicted molar refractivity (Wildman–Crippen MR) is 50.3 cm³/mol. The van der Waals surface area contributed by atoms with Crippen LogP contribution in [0.4, 0.5) is 13.2 Å². The van der Waals surface area contributed by atoms with Crippen molar-refractivity contribution in [3.63, 3.8) is 0 Å². The number of hydrogen-bond acceptors (Lipinski definition) is 3. The number of nitrogens with two attached hydrogens (primary N) is 1. The first-order chi connectivity index (χ1) is 6.88. The van der Waals surface area contributed by atoms with Gasteiger partial charge in [0.25, 0.3) is 0 Å². The topological polar surface area (TPSA) is 49.5 Å². The molecule has 3 nitrogen and oxygen atoms in total. The molecule has 3 N–H and O–H groups in total. The molecule has 0 aliphatic heterocycles. The second-order valence-corrected chi connectivity index (χ2v) is 4.04. The lowest BCUT2D eigenvalue weighted by atomic mass is 10.1. The van der Waals surface area contributed by atoms with E-state index in [0.29, 0.717) is 0 Å². The van der Waals surface area contributed by atoms with Gasteiger partial charge < -0.3 is 10.8 Å². The average Bonchev–Trinajstić information content (AvgIpc) is 2.81. The summed E-state index contributed by atoms with van der Waals surface area (Å²) < 4.78 is 38.2. The van der Waals surface area contributed by atoms with Gasteiger partial charge in [0, 0.05) is 18.6 Å². The second-order valence-electron chi connectivity index (χ2n) is 4.04. The molecule has 0 aromatic heterocycles. The van der Waals surface area contributed by atoms with Crippen LogP contribution in [0.15, 0.2) is 0 Å². The van der Waals surface area contributed by atoms with E-state index in [2.05, 4.69) is 0 Å². The SMILES string of the molecule is CC(N)C(N(CCO)C1CC1)C(F)(F)F. The minimum Gasteiger partial charge on any atom is -0.395 e. The number of alkyl halides is 3. The molecule has 2 unspecified atom stereocenters. The van der Waals surface area contributed by atoms with Crippen molar-refractivity contribution in [2.75, 3.05) is 13.2 Å². The Kier molecular flexibility index (Phi) is 3.97. The Morgan fingerprint density at radius 3 is 2.27 bits per heavy atom. The fraction of sp³-hybridized carbons (Fsp3) is 1.00. The summed E-state index contributed by atoms with van der Waals surface area (Å²) in [5, 5.41) is 8.76. The molecule has 0 saturated heterocycles. The van der Waals surface area contributed by atoms with Crippen LogP contribution in [0.1, 0.15) is 19.8 Å². The summed E-state index contributed by atoms with van der Waals surface area (Å²) in [6.45, 7) is 1.12. The van der Waals surface area contributed by atoms with Crippen molar-refractivity contribution in [1.29, 1.82) is 0 Å². The molecule has 1 aliphatic rings. The van der Waals surface area contributed by atoms with Crippen molar-refractivity contribution in [3.8, 4) is 0 Å². The molecule has 1 saturated carbocycles. The van der Waals surface area contributed by atoms with Crippen LogP contribution in [0.3, 0.4) is 0 Å². The normalized spacial score (nSPS) is 21.8. The van der Waals surface area contributed by atoms with Crippen LogP contribution in [-0.4, -0.2) is 47.5 Å². The fourth-order valence-electron chi connectivity index (χ4n) is 1.86. The molecule has 90 valence electrons. The largest absolute Gasteiger partial charge is 0.405 e. The number of aliphatic hydroxyl groups is 1. The summed E-state index contributed by atoms with van der Waals surface area (Å²) in [5.74, 6) is 0. The molecule has 0 heterocycles. The zero-order valence-electron chi connectivity index (χ0n) is 8.67. The van der Waals surface area contributed by atoms with E-state index in [1.165, 1.54) is 11.8 Å². The summed E-state index contributed by atoms with van der Waals surface area (Å²) in [7, 11) is 0. The van der Waals surface area contributed by atoms with Gasteiger partial charge in [-0.15, -0.1) is 0 Å². The smallest absolute Gasteiger partial charge is 0.395 e. The van der Waals surface area contributed by atoms with E-state index in [0.717, 1.165) is 12.8 Å². The first-order valence-electron chi connectivity index (χ1n) is 5.06. The summed E-state index contributed by atoms with van der Waals surface area (Å²) in [6.07, 6.45) is -2.80. The van der Waals surface area contributed by atoms with Gasteiger partial charge in [0.15, 0.2) is 0 Å². The Balaban J connectivity index is 2.74. The van der Waals surface area contributed by atoms with E-state index >= 15 is 0 Å². The van der Waals surface area contributed by atoms with Gasteiger partial charge in [0.1, 0.15) is 6.04 Å². The van der Waals surface area contributed by atoms with E-state index in [9.17, 15) is 13.2 Å². The van der Waals surface area contributed by atoms with Crippen LogP contribution < -0.4 is 5.73 Å². The Morgan fingerprint density at radius 1 is 1.47 bits per heavy atom. The Bertz CT molecular complexity index is 204. The van der Waals surface area contributed by atoms with E-state index in [4.69, 9.17) is 10.8 Å². The third kappa shape index (κ3) is 3.32. The molecule has 0 radical (unpaired) electrons. The van der Waals surface area contributed by atoms with E-state index in [-0.39, 0.29) is 19.2 Å². The van der Waals surface area contributed by atoms with Crippen molar-refractivity contribution in [1.82, 2.24) is 4.90 Å². The molecule has 0 aromatic carbocycles. The molecule has 1 aliphatic carbocycles. The molecule has 2 atom stereocenters. The van der Waals surface area contributed by atoms with Crippen LogP contribution in [0.5, 0.6) is 0 Å².